The molecular weight excluding hydrogens is 420 g/mol. The molecule has 5 nitrogen and oxygen atoms in total. The Bertz CT molecular complexity index is 943. The monoisotopic (exact) mass is 429 g/mol. The van der Waals surface area contributed by atoms with E-state index in [9.17, 15) is 4.39 Å². The van der Waals surface area contributed by atoms with Crippen LogP contribution in [0.25, 0.3) is 0 Å². The zero-order valence-electron chi connectivity index (χ0n) is 13.0. The number of halogens is 4. The average molecular weight is 431 g/mol. The van der Waals surface area contributed by atoms with Crippen molar-refractivity contribution < 1.29 is 4.39 Å². The summed E-state index contributed by atoms with van der Waals surface area (Å²) in [4.78, 5) is 4.13. The van der Waals surface area contributed by atoms with Crippen LogP contribution in [0.4, 0.5) is 16.0 Å². The maximum atomic E-state index is 13.2. The summed E-state index contributed by atoms with van der Waals surface area (Å²) in [6.45, 7) is 0.362. The molecule has 0 saturated carbocycles. The quantitative estimate of drug-likeness (QED) is 0.555. The van der Waals surface area contributed by atoms with E-state index in [2.05, 4.69) is 20.7 Å². The Kier molecular flexibility index (Phi) is 5.93. The molecule has 0 aliphatic rings. The van der Waals surface area contributed by atoms with Crippen molar-refractivity contribution in [2.75, 3.05) is 10.6 Å². The Morgan fingerprint density at radius 3 is 2.50 bits per heavy atom. The molecule has 2 aromatic carbocycles. The van der Waals surface area contributed by atoms with E-state index in [1.54, 1.807) is 22.9 Å². The molecule has 0 spiro atoms. The maximum absolute atomic E-state index is 13.2. The fourth-order valence-electron chi connectivity index (χ4n) is 2.11. The van der Waals surface area contributed by atoms with Gasteiger partial charge in [-0.3, -0.25) is 5.32 Å². The molecule has 0 amide bonds. The summed E-state index contributed by atoms with van der Waals surface area (Å²) in [5.41, 5.74) is 1.28. The van der Waals surface area contributed by atoms with E-state index in [1.807, 2.05) is 0 Å². The molecule has 1 heterocycles. The van der Waals surface area contributed by atoms with Crippen molar-refractivity contribution in [2.45, 2.75) is 6.54 Å². The molecule has 0 saturated heterocycles. The molecule has 0 aliphatic heterocycles. The third kappa shape index (κ3) is 4.62. The van der Waals surface area contributed by atoms with Crippen LogP contribution in [0.5, 0.6) is 0 Å². The van der Waals surface area contributed by atoms with Crippen molar-refractivity contribution in [1.29, 1.82) is 0 Å². The number of aromatic nitrogens is 3. The number of nitrogens with zero attached hydrogens (tertiary/aromatic N) is 3. The largest absolute Gasteiger partial charge is 0.332 e. The van der Waals surface area contributed by atoms with Crippen LogP contribution in [0.1, 0.15) is 5.56 Å². The van der Waals surface area contributed by atoms with Gasteiger partial charge in [0.05, 0.1) is 11.6 Å². The van der Waals surface area contributed by atoms with Crippen molar-refractivity contribution in [1.82, 2.24) is 14.8 Å². The lowest BCUT2D eigenvalue weighted by atomic mass is 10.2. The number of hydrogen-bond donors (Lipinski definition) is 2. The van der Waals surface area contributed by atoms with Crippen LogP contribution in [0.2, 0.25) is 15.1 Å². The van der Waals surface area contributed by atoms with Crippen LogP contribution in [0.3, 0.4) is 0 Å². The van der Waals surface area contributed by atoms with Gasteiger partial charge in [-0.1, -0.05) is 40.9 Å². The van der Waals surface area contributed by atoms with Gasteiger partial charge in [0.2, 0.25) is 5.95 Å². The molecule has 1 aromatic heterocycles. The van der Waals surface area contributed by atoms with Crippen molar-refractivity contribution in [3.05, 3.63) is 69.2 Å². The molecule has 0 fully saturated rings. The molecule has 0 bridgehead atoms. The predicted molar refractivity (Wildman–Crippen MR) is 107 cm³/mol. The summed E-state index contributed by atoms with van der Waals surface area (Å²) in [7, 11) is 0. The lowest BCUT2D eigenvalue weighted by Crippen LogP contribution is -2.20. The Balaban J connectivity index is 1.64. The van der Waals surface area contributed by atoms with Gasteiger partial charge in [-0.25, -0.2) is 14.1 Å². The van der Waals surface area contributed by atoms with E-state index in [0.717, 1.165) is 5.56 Å². The van der Waals surface area contributed by atoms with E-state index in [4.69, 9.17) is 47.0 Å². The molecule has 0 atom stereocenters. The van der Waals surface area contributed by atoms with Gasteiger partial charge in [-0.2, -0.15) is 0 Å². The number of rotatable bonds is 4. The average Bonchev–Trinajstić information content (AvgIpc) is 3.01. The summed E-state index contributed by atoms with van der Waals surface area (Å²) in [6, 6.07) is 9.47. The fourth-order valence-corrected chi connectivity index (χ4v) is 3.02. The van der Waals surface area contributed by atoms with Crippen molar-refractivity contribution in [3.63, 3.8) is 0 Å². The minimum atomic E-state index is -0.505. The zero-order valence-corrected chi connectivity index (χ0v) is 16.1. The van der Waals surface area contributed by atoms with Crippen LogP contribution in [0.15, 0.2) is 42.7 Å². The van der Waals surface area contributed by atoms with Gasteiger partial charge in [0, 0.05) is 21.3 Å². The molecule has 0 aliphatic carbocycles. The number of benzene rings is 2. The smallest absolute Gasteiger partial charge is 0.248 e. The van der Waals surface area contributed by atoms with E-state index in [0.29, 0.717) is 28.2 Å². The predicted octanol–water partition coefficient (Wildman–Crippen LogP) is 5.23. The van der Waals surface area contributed by atoms with Crippen LogP contribution in [-0.4, -0.2) is 19.9 Å². The highest BCUT2D eigenvalue weighted by atomic mass is 35.5. The molecule has 134 valence electrons. The SMILES string of the molecule is Fc1ccc(NC(=S)Nc2ncn(Cc3c(Cl)cccc3Cl)n2)cc1Cl. The third-order valence-electron chi connectivity index (χ3n) is 3.32. The lowest BCUT2D eigenvalue weighted by molar-refractivity contribution is 0.628. The molecular formula is C16H11Cl3FN5S. The molecule has 2 N–H and O–H groups in total. The van der Waals surface area contributed by atoms with Crippen LogP contribution < -0.4 is 10.6 Å². The van der Waals surface area contributed by atoms with Crippen molar-refractivity contribution in [2.24, 2.45) is 0 Å². The van der Waals surface area contributed by atoms with E-state index in [-0.39, 0.29) is 10.1 Å². The summed E-state index contributed by atoms with van der Waals surface area (Å²) in [5, 5.41) is 11.3. The molecule has 26 heavy (non-hydrogen) atoms. The number of nitrogens with one attached hydrogen (secondary N) is 2. The summed E-state index contributed by atoms with van der Waals surface area (Å²) in [6.07, 6.45) is 1.53. The molecule has 10 heteroatoms. The first kappa shape index (κ1) is 18.8. The van der Waals surface area contributed by atoms with Gasteiger partial charge in [-0.05, 0) is 42.5 Å². The van der Waals surface area contributed by atoms with E-state index < -0.39 is 5.82 Å². The standard InChI is InChI=1S/C16H11Cl3FN5S/c17-11-2-1-3-12(18)10(11)7-25-8-21-15(24-25)23-16(26)22-9-4-5-14(20)13(19)6-9/h1-6,8H,7H2,(H2,22,23,24,26). The van der Waals surface area contributed by atoms with Crippen LogP contribution in [0, 0.1) is 5.82 Å². The highest BCUT2D eigenvalue weighted by Gasteiger charge is 2.09. The second kappa shape index (κ2) is 8.18. The summed E-state index contributed by atoms with van der Waals surface area (Å²) in [5.74, 6) is -0.214. The Hall–Kier alpha value is -1.93. The van der Waals surface area contributed by atoms with E-state index in [1.165, 1.54) is 24.5 Å². The number of hydrogen-bond acceptors (Lipinski definition) is 3. The second-order valence-electron chi connectivity index (χ2n) is 5.17. The first-order valence-electron chi connectivity index (χ1n) is 7.28. The van der Waals surface area contributed by atoms with Gasteiger partial charge in [0.15, 0.2) is 5.11 Å². The highest BCUT2D eigenvalue weighted by Crippen LogP contribution is 2.25. The first-order chi connectivity index (χ1) is 12.4. The fraction of sp³-hybridized carbons (Fsp3) is 0.0625. The second-order valence-corrected chi connectivity index (χ2v) is 6.80. The highest BCUT2D eigenvalue weighted by molar-refractivity contribution is 7.80. The van der Waals surface area contributed by atoms with Crippen LogP contribution >= 0.6 is 47.0 Å². The summed E-state index contributed by atoms with van der Waals surface area (Å²) >= 11 is 23.2. The van der Waals surface area contributed by atoms with Gasteiger partial charge >= 0.3 is 0 Å². The molecule has 0 unspecified atom stereocenters. The normalized spacial score (nSPS) is 10.6. The maximum Gasteiger partial charge on any atom is 0.248 e. The lowest BCUT2D eigenvalue weighted by Gasteiger charge is -2.08. The number of thiocarbonyl (C=S) groups is 1. The van der Waals surface area contributed by atoms with E-state index >= 15 is 0 Å². The third-order valence-corrected chi connectivity index (χ3v) is 4.52. The van der Waals surface area contributed by atoms with Crippen molar-refractivity contribution in [3.8, 4) is 0 Å². The molecule has 0 radical (unpaired) electrons. The van der Waals surface area contributed by atoms with Gasteiger partial charge in [0.1, 0.15) is 12.1 Å². The Morgan fingerprint density at radius 2 is 1.81 bits per heavy atom. The molecule has 3 aromatic rings. The Labute approximate surface area is 169 Å². The van der Waals surface area contributed by atoms with Gasteiger partial charge < -0.3 is 5.32 Å². The zero-order chi connectivity index (χ0) is 18.7. The Morgan fingerprint density at radius 1 is 1.08 bits per heavy atom. The van der Waals surface area contributed by atoms with Gasteiger partial charge in [0.25, 0.3) is 0 Å². The first-order valence-corrected chi connectivity index (χ1v) is 8.82. The topological polar surface area (TPSA) is 54.8 Å². The number of anilines is 2. The minimum absolute atomic E-state index is 0.00294. The van der Waals surface area contributed by atoms with Gasteiger partial charge in [-0.15, -0.1) is 5.10 Å². The molecule has 3 rings (SSSR count). The van der Waals surface area contributed by atoms with Crippen LogP contribution in [-0.2, 0) is 6.54 Å². The minimum Gasteiger partial charge on any atom is -0.332 e. The van der Waals surface area contributed by atoms with Crippen molar-refractivity contribution >= 4 is 63.8 Å². The summed E-state index contributed by atoms with van der Waals surface area (Å²) < 4.78 is 14.7.